The number of aromatic nitrogens is 4. The van der Waals surface area contributed by atoms with Crippen LogP contribution in [0.1, 0.15) is 21.6 Å². The summed E-state index contributed by atoms with van der Waals surface area (Å²) in [6.45, 7) is 2.47. The maximum atomic E-state index is 12.1. The van der Waals surface area contributed by atoms with Crippen molar-refractivity contribution in [1.29, 1.82) is 0 Å². The van der Waals surface area contributed by atoms with Crippen LogP contribution in [0.25, 0.3) is 11.3 Å². The zero-order chi connectivity index (χ0) is 15.5. The fraction of sp³-hybridized carbons (Fsp3) is 0.188. The van der Waals surface area contributed by atoms with Crippen molar-refractivity contribution in [1.82, 2.24) is 25.3 Å². The van der Waals surface area contributed by atoms with E-state index >= 15 is 0 Å². The molecule has 0 fully saturated rings. The number of aryl methyl sites for hydroxylation is 2. The smallest absolute Gasteiger partial charge is 0.269 e. The fourth-order valence-electron chi connectivity index (χ4n) is 2.15. The van der Waals surface area contributed by atoms with Gasteiger partial charge in [0.05, 0.1) is 11.9 Å². The SMILES string of the molecule is Cc1ccc(-c2cc(C(=O)NCc3cnn(C)c3)[nH]n2)cc1. The van der Waals surface area contributed by atoms with Crippen LogP contribution < -0.4 is 5.32 Å². The Morgan fingerprint density at radius 1 is 1.32 bits per heavy atom. The van der Waals surface area contributed by atoms with Gasteiger partial charge in [-0.25, -0.2) is 0 Å². The highest BCUT2D eigenvalue weighted by Crippen LogP contribution is 2.18. The summed E-state index contributed by atoms with van der Waals surface area (Å²) in [5.41, 5.74) is 4.32. The first-order chi connectivity index (χ1) is 10.6. The van der Waals surface area contributed by atoms with Gasteiger partial charge in [0.15, 0.2) is 0 Å². The number of nitrogens with zero attached hydrogens (tertiary/aromatic N) is 3. The highest BCUT2D eigenvalue weighted by atomic mass is 16.1. The van der Waals surface area contributed by atoms with Crippen LogP contribution in [0.2, 0.25) is 0 Å². The minimum Gasteiger partial charge on any atom is -0.347 e. The minimum atomic E-state index is -0.185. The molecule has 3 aromatic rings. The summed E-state index contributed by atoms with van der Waals surface area (Å²) in [6.07, 6.45) is 3.59. The molecule has 0 bridgehead atoms. The number of amides is 1. The Balaban J connectivity index is 1.67. The lowest BCUT2D eigenvalue weighted by molar-refractivity contribution is 0.0946. The summed E-state index contributed by atoms with van der Waals surface area (Å²) >= 11 is 0. The number of carbonyl (C=O) groups is 1. The molecular formula is C16H17N5O. The second-order valence-electron chi connectivity index (χ2n) is 5.24. The Morgan fingerprint density at radius 3 is 2.77 bits per heavy atom. The predicted molar refractivity (Wildman–Crippen MR) is 83.1 cm³/mol. The van der Waals surface area contributed by atoms with E-state index in [1.807, 2.05) is 44.4 Å². The average molecular weight is 295 g/mol. The molecule has 0 spiro atoms. The number of nitrogens with one attached hydrogen (secondary N) is 2. The topological polar surface area (TPSA) is 75.6 Å². The summed E-state index contributed by atoms with van der Waals surface area (Å²) in [6, 6.07) is 9.77. The van der Waals surface area contributed by atoms with Crippen LogP contribution in [0.15, 0.2) is 42.7 Å². The number of H-pyrrole nitrogens is 1. The van der Waals surface area contributed by atoms with Crippen LogP contribution >= 0.6 is 0 Å². The molecule has 0 radical (unpaired) electrons. The largest absolute Gasteiger partial charge is 0.347 e. The molecule has 0 unspecified atom stereocenters. The van der Waals surface area contributed by atoms with Gasteiger partial charge in [0.25, 0.3) is 5.91 Å². The van der Waals surface area contributed by atoms with Crippen LogP contribution in [-0.2, 0) is 13.6 Å². The number of benzene rings is 1. The molecule has 22 heavy (non-hydrogen) atoms. The van der Waals surface area contributed by atoms with E-state index in [4.69, 9.17) is 0 Å². The molecule has 0 saturated carbocycles. The third-order valence-corrected chi connectivity index (χ3v) is 3.38. The van der Waals surface area contributed by atoms with E-state index in [0.717, 1.165) is 16.8 Å². The number of hydrogen-bond acceptors (Lipinski definition) is 3. The summed E-state index contributed by atoms with van der Waals surface area (Å²) < 4.78 is 1.70. The van der Waals surface area contributed by atoms with Crippen molar-refractivity contribution in [2.24, 2.45) is 7.05 Å². The lowest BCUT2D eigenvalue weighted by atomic mass is 10.1. The Labute approximate surface area is 128 Å². The number of carbonyl (C=O) groups excluding carboxylic acids is 1. The van der Waals surface area contributed by atoms with Gasteiger partial charge in [-0.15, -0.1) is 0 Å². The van der Waals surface area contributed by atoms with Crippen molar-refractivity contribution < 1.29 is 4.79 Å². The van der Waals surface area contributed by atoms with Crippen LogP contribution in [0.5, 0.6) is 0 Å². The van der Waals surface area contributed by atoms with Crippen LogP contribution in [-0.4, -0.2) is 25.9 Å². The molecular weight excluding hydrogens is 278 g/mol. The molecule has 2 N–H and O–H groups in total. The van der Waals surface area contributed by atoms with Crippen molar-refractivity contribution in [3.63, 3.8) is 0 Å². The van der Waals surface area contributed by atoms with Crippen LogP contribution in [0.4, 0.5) is 0 Å². The molecule has 3 rings (SSSR count). The Bertz CT molecular complexity index is 785. The monoisotopic (exact) mass is 295 g/mol. The number of rotatable bonds is 4. The fourth-order valence-corrected chi connectivity index (χ4v) is 2.15. The molecule has 6 heteroatoms. The second kappa shape index (κ2) is 5.85. The van der Waals surface area contributed by atoms with Gasteiger partial charge in [0, 0.05) is 30.9 Å². The molecule has 0 aliphatic rings. The Morgan fingerprint density at radius 2 is 2.09 bits per heavy atom. The first-order valence-electron chi connectivity index (χ1n) is 7.00. The molecule has 6 nitrogen and oxygen atoms in total. The van der Waals surface area contributed by atoms with Gasteiger partial charge in [0.2, 0.25) is 0 Å². The van der Waals surface area contributed by atoms with E-state index < -0.39 is 0 Å². The molecule has 2 aromatic heterocycles. The van der Waals surface area contributed by atoms with Gasteiger partial charge in [0.1, 0.15) is 5.69 Å². The van der Waals surface area contributed by atoms with Gasteiger partial charge in [-0.2, -0.15) is 10.2 Å². The summed E-state index contributed by atoms with van der Waals surface area (Å²) in [5.74, 6) is -0.185. The standard InChI is InChI=1S/C16H17N5O/c1-11-3-5-13(6-4-11)14-7-15(20-19-14)16(22)17-8-12-9-18-21(2)10-12/h3-7,9-10H,8H2,1-2H3,(H,17,22)(H,19,20). The van der Waals surface area contributed by atoms with E-state index in [1.54, 1.807) is 16.9 Å². The van der Waals surface area contributed by atoms with E-state index in [9.17, 15) is 4.79 Å². The van der Waals surface area contributed by atoms with Gasteiger partial charge >= 0.3 is 0 Å². The lowest BCUT2D eigenvalue weighted by Crippen LogP contribution is -2.22. The van der Waals surface area contributed by atoms with Gasteiger partial charge < -0.3 is 5.32 Å². The minimum absolute atomic E-state index is 0.185. The van der Waals surface area contributed by atoms with Crippen LogP contribution in [0, 0.1) is 6.92 Å². The van der Waals surface area contributed by atoms with E-state index in [-0.39, 0.29) is 5.91 Å². The third-order valence-electron chi connectivity index (χ3n) is 3.38. The van der Waals surface area contributed by atoms with Crippen molar-refractivity contribution in [3.05, 3.63) is 59.5 Å². The maximum absolute atomic E-state index is 12.1. The molecule has 2 heterocycles. The van der Waals surface area contributed by atoms with Gasteiger partial charge in [-0.1, -0.05) is 29.8 Å². The van der Waals surface area contributed by atoms with Crippen molar-refractivity contribution in [2.75, 3.05) is 0 Å². The van der Waals surface area contributed by atoms with E-state index in [2.05, 4.69) is 20.6 Å². The number of aromatic amines is 1. The summed E-state index contributed by atoms with van der Waals surface area (Å²) in [4.78, 5) is 12.1. The first-order valence-corrected chi connectivity index (χ1v) is 7.00. The molecule has 0 atom stereocenters. The predicted octanol–water partition coefficient (Wildman–Crippen LogP) is 2.05. The zero-order valence-corrected chi connectivity index (χ0v) is 12.5. The average Bonchev–Trinajstić information content (AvgIpc) is 3.15. The molecule has 1 aromatic carbocycles. The Kier molecular flexibility index (Phi) is 3.74. The molecule has 112 valence electrons. The van der Waals surface area contributed by atoms with Crippen LogP contribution in [0.3, 0.4) is 0 Å². The number of hydrogen-bond donors (Lipinski definition) is 2. The maximum Gasteiger partial charge on any atom is 0.269 e. The van der Waals surface area contributed by atoms with Crippen molar-refractivity contribution >= 4 is 5.91 Å². The molecule has 1 amide bonds. The van der Waals surface area contributed by atoms with E-state index in [1.165, 1.54) is 5.56 Å². The first kappa shape index (κ1) is 14.1. The van der Waals surface area contributed by atoms with Gasteiger partial charge in [-0.05, 0) is 13.0 Å². The summed E-state index contributed by atoms with van der Waals surface area (Å²) in [7, 11) is 1.84. The van der Waals surface area contributed by atoms with Gasteiger partial charge in [-0.3, -0.25) is 14.6 Å². The highest BCUT2D eigenvalue weighted by molar-refractivity contribution is 5.93. The molecule has 0 saturated heterocycles. The van der Waals surface area contributed by atoms with Crippen molar-refractivity contribution in [3.8, 4) is 11.3 Å². The van der Waals surface area contributed by atoms with Crippen molar-refractivity contribution in [2.45, 2.75) is 13.5 Å². The summed E-state index contributed by atoms with van der Waals surface area (Å²) in [5, 5.41) is 13.9. The normalized spacial score (nSPS) is 10.6. The Hall–Kier alpha value is -2.89. The van der Waals surface area contributed by atoms with E-state index in [0.29, 0.717) is 12.2 Å². The lowest BCUT2D eigenvalue weighted by Gasteiger charge is -2.00. The quantitative estimate of drug-likeness (QED) is 0.773. The third kappa shape index (κ3) is 3.06. The highest BCUT2D eigenvalue weighted by Gasteiger charge is 2.11. The second-order valence-corrected chi connectivity index (χ2v) is 5.24. The molecule has 0 aliphatic carbocycles. The molecule has 0 aliphatic heterocycles. The zero-order valence-electron chi connectivity index (χ0n) is 12.5.